The summed E-state index contributed by atoms with van der Waals surface area (Å²) >= 11 is 0. The summed E-state index contributed by atoms with van der Waals surface area (Å²) in [5, 5.41) is 3.82. The molecule has 2 heteroatoms. The second-order valence-corrected chi connectivity index (χ2v) is 8.07. The van der Waals surface area contributed by atoms with Crippen molar-refractivity contribution in [3.63, 3.8) is 0 Å². The predicted molar refractivity (Wildman–Crippen MR) is 87.5 cm³/mol. The molecular weight excluding hydrogens is 254 g/mol. The summed E-state index contributed by atoms with van der Waals surface area (Å²) in [6.45, 7) is 2.29. The van der Waals surface area contributed by atoms with Crippen molar-refractivity contribution in [3.05, 3.63) is 60.7 Å². The summed E-state index contributed by atoms with van der Waals surface area (Å²) in [5.41, 5.74) is 0. The summed E-state index contributed by atoms with van der Waals surface area (Å²) in [6.07, 6.45) is 2.62. The Balaban J connectivity index is 2.00. The van der Waals surface area contributed by atoms with Crippen LogP contribution < -0.4 is 10.6 Å². The lowest BCUT2D eigenvalue weighted by Crippen LogP contribution is -2.05. The molecule has 2 aromatic carbocycles. The minimum atomic E-state index is 0.819. The van der Waals surface area contributed by atoms with Gasteiger partial charge >= 0.3 is 0 Å². The van der Waals surface area contributed by atoms with E-state index in [1.807, 2.05) is 0 Å². The Morgan fingerprint density at radius 2 is 1.22 bits per heavy atom. The highest BCUT2D eigenvalue weighted by Gasteiger charge is 2.09. The second-order valence-electron chi connectivity index (χ2n) is 4.36. The highest BCUT2D eigenvalue weighted by Crippen LogP contribution is 2.36. The molecule has 0 aliphatic heterocycles. The Bertz CT molecular complexity index is 398. The summed E-state index contributed by atoms with van der Waals surface area (Å²) in [6, 6.07) is 21.8. The molecule has 0 bridgehead atoms. The number of rotatable bonds is 6. The summed E-state index contributed by atoms with van der Waals surface area (Å²) in [5.74, 6) is 0. The van der Waals surface area contributed by atoms with Gasteiger partial charge in [-0.1, -0.05) is 91.2 Å². The molecule has 0 N–H and O–H groups in total. The van der Waals surface area contributed by atoms with Gasteiger partial charge in [0.05, 0.1) is 0 Å². The van der Waals surface area contributed by atoms with Crippen LogP contribution in [-0.2, 0) is 0 Å². The largest absolute Gasteiger partial charge is 0.0827 e. The summed E-state index contributed by atoms with van der Waals surface area (Å²) in [7, 11) is 1.88. The van der Waals surface area contributed by atoms with Crippen molar-refractivity contribution in [2.24, 2.45) is 0 Å². The quantitative estimate of drug-likeness (QED) is 0.695. The van der Waals surface area contributed by atoms with Crippen molar-refractivity contribution >= 4 is 27.8 Å². The second kappa shape index (κ2) is 7.67. The van der Waals surface area contributed by atoms with Crippen LogP contribution in [0.5, 0.6) is 0 Å². The van der Waals surface area contributed by atoms with Crippen molar-refractivity contribution in [1.29, 1.82) is 0 Å². The van der Waals surface area contributed by atoms with Gasteiger partial charge in [-0.05, 0) is 17.0 Å². The van der Waals surface area contributed by atoms with Crippen molar-refractivity contribution in [3.8, 4) is 0 Å². The molecular formula is C16H20P2. The molecule has 2 unspecified atom stereocenters. The Labute approximate surface area is 114 Å². The smallest absolute Gasteiger partial charge is 0.00198 e. The van der Waals surface area contributed by atoms with Crippen molar-refractivity contribution in [2.75, 3.05) is 0 Å². The number of hydrogen-bond acceptors (Lipinski definition) is 0. The highest BCUT2D eigenvalue weighted by atomic mass is 31.1. The molecule has 0 amide bonds. The number of hydrogen-bond donors (Lipinski definition) is 0. The van der Waals surface area contributed by atoms with Gasteiger partial charge in [0.25, 0.3) is 0 Å². The molecule has 0 saturated carbocycles. The molecule has 0 heterocycles. The van der Waals surface area contributed by atoms with Gasteiger partial charge in [-0.2, -0.15) is 0 Å². The average molecular weight is 274 g/mol. The zero-order valence-electron chi connectivity index (χ0n) is 10.8. The molecule has 0 nitrogen and oxygen atoms in total. The van der Waals surface area contributed by atoms with Gasteiger partial charge in [-0.3, -0.25) is 0 Å². The van der Waals surface area contributed by atoms with E-state index in [-0.39, 0.29) is 0 Å². The van der Waals surface area contributed by atoms with Crippen LogP contribution in [-0.4, -0.2) is 5.40 Å². The standard InChI is InChI=1S/C16H20P2/c1-2-9-16(17-14-10-5-3-6-11-14)18-15-12-7-4-8-13-15/h3-8,10-13,16-18H,2,9H2,1H3. The van der Waals surface area contributed by atoms with E-state index < -0.39 is 0 Å². The lowest BCUT2D eigenvalue weighted by molar-refractivity contribution is 0.867. The molecule has 2 rings (SSSR count). The lowest BCUT2D eigenvalue weighted by atomic mass is 10.4. The zero-order chi connectivity index (χ0) is 12.6. The van der Waals surface area contributed by atoms with E-state index in [1.54, 1.807) is 0 Å². The maximum atomic E-state index is 2.29. The van der Waals surface area contributed by atoms with E-state index in [1.165, 1.54) is 23.5 Å². The van der Waals surface area contributed by atoms with Crippen LogP contribution >= 0.6 is 17.2 Å². The van der Waals surface area contributed by atoms with Crippen LogP contribution in [0.15, 0.2) is 60.7 Å². The number of benzene rings is 2. The predicted octanol–water partition coefficient (Wildman–Crippen LogP) is 4.12. The normalized spacial score (nSPS) is 13.6. The molecule has 0 saturated heterocycles. The van der Waals surface area contributed by atoms with Crippen molar-refractivity contribution in [1.82, 2.24) is 0 Å². The van der Waals surface area contributed by atoms with Crippen LogP contribution in [0.4, 0.5) is 0 Å². The summed E-state index contributed by atoms with van der Waals surface area (Å²) in [4.78, 5) is 0. The first-order chi connectivity index (χ1) is 8.88. The van der Waals surface area contributed by atoms with Gasteiger partial charge in [-0.25, -0.2) is 0 Å². The molecule has 0 aliphatic rings. The molecule has 2 atom stereocenters. The van der Waals surface area contributed by atoms with Gasteiger partial charge in [-0.15, -0.1) is 0 Å². The Hall–Kier alpha value is -0.700. The Morgan fingerprint density at radius 3 is 1.61 bits per heavy atom. The fourth-order valence-electron chi connectivity index (χ4n) is 1.94. The zero-order valence-corrected chi connectivity index (χ0v) is 12.8. The van der Waals surface area contributed by atoms with E-state index >= 15 is 0 Å². The molecule has 18 heavy (non-hydrogen) atoms. The van der Waals surface area contributed by atoms with Crippen LogP contribution in [0.1, 0.15) is 19.8 Å². The van der Waals surface area contributed by atoms with E-state index in [0.29, 0.717) is 0 Å². The molecule has 0 radical (unpaired) electrons. The lowest BCUT2D eigenvalue weighted by Gasteiger charge is -2.16. The maximum Gasteiger partial charge on any atom is 0.00198 e. The van der Waals surface area contributed by atoms with Gasteiger partial charge in [0.2, 0.25) is 0 Å². The van der Waals surface area contributed by atoms with Gasteiger partial charge in [0, 0.05) is 5.40 Å². The van der Waals surface area contributed by atoms with Crippen LogP contribution in [0, 0.1) is 0 Å². The molecule has 0 aromatic heterocycles. The Morgan fingerprint density at radius 1 is 0.778 bits per heavy atom. The molecule has 0 aliphatic carbocycles. The first-order valence-corrected chi connectivity index (χ1v) is 8.67. The highest BCUT2D eigenvalue weighted by molar-refractivity contribution is 7.65. The minimum Gasteiger partial charge on any atom is -0.0827 e. The van der Waals surface area contributed by atoms with Gasteiger partial charge in [0.15, 0.2) is 0 Å². The fraction of sp³-hybridized carbons (Fsp3) is 0.250. The molecule has 94 valence electrons. The third-order valence-electron chi connectivity index (χ3n) is 2.81. The van der Waals surface area contributed by atoms with Gasteiger partial charge in [0.1, 0.15) is 0 Å². The van der Waals surface area contributed by atoms with Crippen molar-refractivity contribution < 1.29 is 0 Å². The first-order valence-electron chi connectivity index (χ1n) is 6.51. The minimum absolute atomic E-state index is 0.819. The van der Waals surface area contributed by atoms with Crippen LogP contribution in [0.2, 0.25) is 0 Å². The SMILES string of the molecule is CCCC(Pc1ccccc1)Pc1ccccc1. The van der Waals surface area contributed by atoms with Gasteiger partial charge < -0.3 is 0 Å². The summed E-state index contributed by atoms with van der Waals surface area (Å²) < 4.78 is 0. The molecule has 2 aromatic rings. The topological polar surface area (TPSA) is 0 Å². The third-order valence-corrected chi connectivity index (χ3v) is 6.28. The average Bonchev–Trinajstić information content (AvgIpc) is 2.41. The monoisotopic (exact) mass is 274 g/mol. The van der Waals surface area contributed by atoms with E-state index in [2.05, 4.69) is 67.6 Å². The Kier molecular flexibility index (Phi) is 5.85. The maximum absolute atomic E-state index is 2.29. The molecule has 0 fully saturated rings. The van der Waals surface area contributed by atoms with Crippen LogP contribution in [0.3, 0.4) is 0 Å². The first kappa shape index (κ1) is 13.7. The fourth-order valence-corrected chi connectivity index (χ4v) is 5.67. The van der Waals surface area contributed by atoms with Crippen molar-refractivity contribution in [2.45, 2.75) is 25.2 Å². The third kappa shape index (κ3) is 4.52. The van der Waals surface area contributed by atoms with E-state index in [9.17, 15) is 0 Å². The van der Waals surface area contributed by atoms with E-state index in [0.717, 1.165) is 22.6 Å². The molecule has 0 spiro atoms. The van der Waals surface area contributed by atoms with Crippen LogP contribution in [0.25, 0.3) is 0 Å². The van der Waals surface area contributed by atoms with E-state index in [4.69, 9.17) is 0 Å².